The van der Waals surface area contributed by atoms with Gasteiger partial charge in [-0.3, -0.25) is 9.59 Å². The van der Waals surface area contributed by atoms with Gasteiger partial charge in [0.2, 0.25) is 0 Å². The van der Waals surface area contributed by atoms with Gasteiger partial charge >= 0.3 is 5.97 Å². The number of aromatic nitrogens is 2. The van der Waals surface area contributed by atoms with Crippen molar-refractivity contribution in [2.75, 3.05) is 5.75 Å². The van der Waals surface area contributed by atoms with Crippen molar-refractivity contribution in [3.8, 4) is 0 Å². The second kappa shape index (κ2) is 7.86. The summed E-state index contributed by atoms with van der Waals surface area (Å²) < 4.78 is 5.47. The smallest absolute Gasteiger partial charge is 0.316 e. The molecule has 0 radical (unpaired) electrons. The van der Waals surface area contributed by atoms with Gasteiger partial charge in [-0.15, -0.1) is 23.1 Å². The van der Waals surface area contributed by atoms with Crippen LogP contribution in [0, 0.1) is 27.7 Å². The molecule has 0 saturated heterocycles. The lowest BCUT2D eigenvalue weighted by molar-refractivity contribution is -0.145. The largest absolute Gasteiger partial charge is 0.454 e. The predicted octanol–water partition coefficient (Wildman–Crippen LogP) is 4.61. The van der Waals surface area contributed by atoms with E-state index in [9.17, 15) is 9.59 Å². The van der Waals surface area contributed by atoms with Crippen molar-refractivity contribution in [1.82, 2.24) is 9.97 Å². The summed E-state index contributed by atoms with van der Waals surface area (Å²) in [5.41, 5.74) is 3.09. The van der Waals surface area contributed by atoms with E-state index in [1.54, 1.807) is 6.92 Å². The molecule has 1 aromatic carbocycles. The van der Waals surface area contributed by atoms with Gasteiger partial charge in [0.1, 0.15) is 4.83 Å². The third kappa shape index (κ3) is 4.25. The zero-order valence-electron chi connectivity index (χ0n) is 16.0. The first-order valence-electron chi connectivity index (χ1n) is 8.65. The molecule has 0 bridgehead atoms. The Balaban J connectivity index is 1.69. The zero-order chi connectivity index (χ0) is 19.7. The molecule has 1 atom stereocenters. The molecule has 0 saturated carbocycles. The van der Waals surface area contributed by atoms with Crippen molar-refractivity contribution in [3.05, 3.63) is 55.9 Å². The molecule has 0 aliphatic carbocycles. The molecule has 0 aliphatic rings. The highest BCUT2D eigenvalue weighted by Gasteiger charge is 2.18. The van der Waals surface area contributed by atoms with E-state index in [-0.39, 0.29) is 17.3 Å². The van der Waals surface area contributed by atoms with Crippen LogP contribution in [-0.4, -0.2) is 21.7 Å². The monoisotopic (exact) mass is 402 g/mol. The van der Waals surface area contributed by atoms with Crippen LogP contribution in [0.4, 0.5) is 0 Å². The molecule has 5 nitrogen and oxygen atoms in total. The van der Waals surface area contributed by atoms with Crippen LogP contribution in [0.1, 0.15) is 40.4 Å². The number of thiophene rings is 1. The summed E-state index contributed by atoms with van der Waals surface area (Å²) in [6.45, 7) is 9.67. The molecule has 1 N–H and O–H groups in total. The van der Waals surface area contributed by atoms with Gasteiger partial charge in [0, 0.05) is 9.77 Å². The summed E-state index contributed by atoms with van der Waals surface area (Å²) in [4.78, 5) is 34.6. The van der Waals surface area contributed by atoms with Crippen LogP contribution in [0.5, 0.6) is 0 Å². The van der Waals surface area contributed by atoms with Crippen molar-refractivity contribution >= 4 is 39.3 Å². The van der Waals surface area contributed by atoms with Gasteiger partial charge in [0.05, 0.1) is 11.1 Å². The molecule has 7 heteroatoms. The number of rotatable bonds is 5. The minimum Gasteiger partial charge on any atom is -0.454 e. The maximum Gasteiger partial charge on any atom is 0.316 e. The van der Waals surface area contributed by atoms with Crippen molar-refractivity contribution in [2.45, 2.75) is 45.6 Å². The molecule has 0 aliphatic heterocycles. The SMILES string of the molecule is Cc1ccc(SCC(=O)O[C@H](C)c2nc3sc(C)c(C)c3c(=O)[nH]2)c(C)c1. The Bertz CT molecular complexity index is 1070. The van der Waals surface area contributed by atoms with Crippen LogP contribution in [0.3, 0.4) is 0 Å². The summed E-state index contributed by atoms with van der Waals surface area (Å²) in [5.74, 6) is 0.241. The third-order valence-corrected chi connectivity index (χ3v) is 6.68. The molecule has 3 rings (SSSR count). The number of thioether (sulfide) groups is 1. The summed E-state index contributed by atoms with van der Waals surface area (Å²) >= 11 is 2.93. The Hall–Kier alpha value is -2.12. The fourth-order valence-electron chi connectivity index (χ4n) is 2.85. The summed E-state index contributed by atoms with van der Waals surface area (Å²) in [5, 5.41) is 0.616. The predicted molar refractivity (Wildman–Crippen MR) is 111 cm³/mol. The van der Waals surface area contributed by atoms with Crippen molar-refractivity contribution in [2.24, 2.45) is 0 Å². The maximum atomic E-state index is 12.4. The van der Waals surface area contributed by atoms with E-state index >= 15 is 0 Å². The first kappa shape index (κ1) is 19.6. The average molecular weight is 403 g/mol. The third-order valence-electron chi connectivity index (χ3n) is 4.43. The van der Waals surface area contributed by atoms with Gasteiger partial charge < -0.3 is 9.72 Å². The Morgan fingerprint density at radius 2 is 2.04 bits per heavy atom. The Labute approximate surface area is 166 Å². The molecule has 142 valence electrons. The normalized spacial score (nSPS) is 12.3. The van der Waals surface area contributed by atoms with Crippen LogP contribution in [-0.2, 0) is 9.53 Å². The first-order valence-corrected chi connectivity index (χ1v) is 10.5. The molecular formula is C20H22N2O3S2. The quantitative estimate of drug-likeness (QED) is 0.498. The van der Waals surface area contributed by atoms with E-state index in [0.29, 0.717) is 16.0 Å². The molecule has 0 unspecified atom stereocenters. The van der Waals surface area contributed by atoms with Gasteiger partial charge in [-0.25, -0.2) is 4.98 Å². The van der Waals surface area contributed by atoms with Crippen molar-refractivity contribution < 1.29 is 9.53 Å². The lowest BCUT2D eigenvalue weighted by atomic mass is 10.2. The highest BCUT2D eigenvalue weighted by molar-refractivity contribution is 8.00. The number of carbonyl (C=O) groups is 1. The highest BCUT2D eigenvalue weighted by Crippen LogP contribution is 2.27. The lowest BCUT2D eigenvalue weighted by Crippen LogP contribution is -2.18. The minimum atomic E-state index is -0.614. The minimum absolute atomic E-state index is 0.190. The van der Waals surface area contributed by atoms with E-state index < -0.39 is 6.10 Å². The maximum absolute atomic E-state index is 12.4. The number of hydrogen-bond acceptors (Lipinski definition) is 6. The number of nitrogens with one attached hydrogen (secondary N) is 1. The average Bonchev–Trinajstić information content (AvgIpc) is 2.88. The van der Waals surface area contributed by atoms with Gasteiger partial charge in [-0.1, -0.05) is 17.7 Å². The zero-order valence-corrected chi connectivity index (χ0v) is 17.6. The molecule has 0 amide bonds. The molecule has 3 aromatic rings. The van der Waals surface area contributed by atoms with E-state index in [1.807, 2.05) is 39.8 Å². The molecule has 2 heterocycles. The molecule has 2 aromatic heterocycles. The number of fused-ring (bicyclic) bond motifs is 1. The van der Waals surface area contributed by atoms with E-state index in [2.05, 4.69) is 16.0 Å². The molecule has 27 heavy (non-hydrogen) atoms. The van der Waals surface area contributed by atoms with Gasteiger partial charge in [-0.2, -0.15) is 0 Å². The standard InChI is InChI=1S/C20H22N2O3S2/c1-10-6-7-15(11(2)8-10)26-9-16(23)25-13(4)18-21-19(24)17-12(3)14(5)27-20(17)22-18/h6-8,13H,9H2,1-5H3,(H,21,22,24)/t13-/m1/s1. The summed E-state index contributed by atoms with van der Waals surface area (Å²) in [6, 6.07) is 6.13. The van der Waals surface area contributed by atoms with E-state index in [4.69, 9.17) is 4.74 Å². The molecular weight excluding hydrogens is 380 g/mol. The molecule has 0 spiro atoms. The fraction of sp³-hybridized carbons (Fsp3) is 0.350. The first-order chi connectivity index (χ1) is 12.8. The molecule has 0 fully saturated rings. The second-order valence-corrected chi connectivity index (χ2v) is 8.82. The van der Waals surface area contributed by atoms with Crippen LogP contribution >= 0.6 is 23.1 Å². The van der Waals surface area contributed by atoms with Gasteiger partial charge in [0.25, 0.3) is 5.56 Å². The number of esters is 1. The number of aromatic amines is 1. The number of nitrogens with zero attached hydrogens (tertiary/aromatic N) is 1. The number of hydrogen-bond donors (Lipinski definition) is 1. The highest BCUT2D eigenvalue weighted by atomic mass is 32.2. The van der Waals surface area contributed by atoms with Crippen molar-refractivity contribution in [1.29, 1.82) is 0 Å². The van der Waals surface area contributed by atoms with Gasteiger partial charge in [0.15, 0.2) is 11.9 Å². The Kier molecular flexibility index (Phi) is 5.72. The number of aryl methyl sites for hydroxylation is 4. The number of benzene rings is 1. The van der Waals surface area contributed by atoms with Gasteiger partial charge in [-0.05, 0) is 51.8 Å². The fourth-order valence-corrected chi connectivity index (χ4v) is 4.68. The van der Waals surface area contributed by atoms with Crippen LogP contribution in [0.15, 0.2) is 27.9 Å². The lowest BCUT2D eigenvalue weighted by Gasteiger charge is -2.13. The number of ether oxygens (including phenoxy) is 1. The second-order valence-electron chi connectivity index (χ2n) is 6.60. The van der Waals surface area contributed by atoms with E-state index in [1.165, 1.54) is 28.7 Å². The Morgan fingerprint density at radius 3 is 2.74 bits per heavy atom. The number of H-pyrrole nitrogens is 1. The van der Waals surface area contributed by atoms with Crippen LogP contribution in [0.25, 0.3) is 10.2 Å². The topological polar surface area (TPSA) is 72.0 Å². The number of carbonyl (C=O) groups excluding carboxylic acids is 1. The van der Waals surface area contributed by atoms with Crippen molar-refractivity contribution in [3.63, 3.8) is 0 Å². The summed E-state index contributed by atoms with van der Waals surface area (Å²) in [7, 11) is 0. The van der Waals surface area contributed by atoms with Crippen LogP contribution in [0.2, 0.25) is 0 Å². The van der Waals surface area contributed by atoms with Crippen LogP contribution < -0.4 is 5.56 Å². The Morgan fingerprint density at radius 1 is 1.30 bits per heavy atom. The van der Waals surface area contributed by atoms with E-state index in [0.717, 1.165) is 20.9 Å². The summed E-state index contributed by atoms with van der Waals surface area (Å²) in [6.07, 6.45) is -0.614.